The van der Waals surface area contributed by atoms with Crippen LogP contribution in [-0.4, -0.2) is 19.6 Å². The lowest BCUT2D eigenvalue weighted by molar-refractivity contribution is 0.102. The first kappa shape index (κ1) is 19.1. The standard InChI is InChI=1S/C24H21NO3/c1-3-28-22-15-14-20(17-23(22)27-2)24(26)25-21-11-7-10-19(16-21)13-12-18-8-5-4-6-9-18/h4-11,14-17H,3H2,1-2H3,(H,25,26). The highest BCUT2D eigenvalue weighted by Crippen LogP contribution is 2.28. The van der Waals surface area contributed by atoms with E-state index in [0.29, 0.717) is 29.4 Å². The maximum absolute atomic E-state index is 12.6. The molecule has 0 aliphatic rings. The van der Waals surface area contributed by atoms with Crippen LogP contribution in [0.25, 0.3) is 0 Å². The molecule has 0 aliphatic carbocycles. The molecule has 1 amide bonds. The average molecular weight is 371 g/mol. The summed E-state index contributed by atoms with van der Waals surface area (Å²) < 4.78 is 10.8. The number of ether oxygens (including phenoxy) is 2. The van der Waals surface area contributed by atoms with Gasteiger partial charge in [0.1, 0.15) is 0 Å². The van der Waals surface area contributed by atoms with Gasteiger partial charge in [0.15, 0.2) is 11.5 Å². The van der Waals surface area contributed by atoms with Crippen LogP contribution in [0, 0.1) is 11.8 Å². The van der Waals surface area contributed by atoms with E-state index in [-0.39, 0.29) is 5.91 Å². The smallest absolute Gasteiger partial charge is 0.255 e. The summed E-state index contributed by atoms with van der Waals surface area (Å²) in [5.41, 5.74) is 2.93. The second-order valence-corrected chi connectivity index (χ2v) is 5.95. The Morgan fingerprint density at radius 3 is 2.39 bits per heavy atom. The van der Waals surface area contributed by atoms with Gasteiger partial charge in [0.05, 0.1) is 13.7 Å². The molecule has 0 atom stereocenters. The van der Waals surface area contributed by atoms with Crippen LogP contribution >= 0.6 is 0 Å². The fraction of sp³-hybridized carbons (Fsp3) is 0.125. The predicted octanol–water partition coefficient (Wildman–Crippen LogP) is 4.75. The Morgan fingerprint density at radius 2 is 1.64 bits per heavy atom. The molecule has 0 heterocycles. The molecule has 1 N–H and O–H groups in total. The highest BCUT2D eigenvalue weighted by molar-refractivity contribution is 6.04. The Bertz CT molecular complexity index is 1020. The van der Waals surface area contributed by atoms with Gasteiger partial charge in [-0.2, -0.15) is 0 Å². The third kappa shape index (κ3) is 4.93. The van der Waals surface area contributed by atoms with Crippen LogP contribution in [0.5, 0.6) is 11.5 Å². The summed E-state index contributed by atoms with van der Waals surface area (Å²) in [6.07, 6.45) is 0. The number of benzene rings is 3. The summed E-state index contributed by atoms with van der Waals surface area (Å²) in [6.45, 7) is 2.42. The zero-order valence-electron chi connectivity index (χ0n) is 15.9. The number of hydrogen-bond acceptors (Lipinski definition) is 3. The average Bonchev–Trinajstić information content (AvgIpc) is 2.74. The molecule has 3 aromatic rings. The van der Waals surface area contributed by atoms with Crippen molar-refractivity contribution in [1.82, 2.24) is 0 Å². The highest BCUT2D eigenvalue weighted by Gasteiger charge is 2.11. The van der Waals surface area contributed by atoms with Gasteiger partial charge in [-0.15, -0.1) is 0 Å². The van der Waals surface area contributed by atoms with Crippen LogP contribution in [0.3, 0.4) is 0 Å². The number of nitrogens with one attached hydrogen (secondary N) is 1. The molecule has 0 unspecified atom stereocenters. The van der Waals surface area contributed by atoms with Crippen LogP contribution in [0.1, 0.15) is 28.4 Å². The van der Waals surface area contributed by atoms with E-state index in [1.54, 1.807) is 25.3 Å². The summed E-state index contributed by atoms with van der Waals surface area (Å²) in [5, 5.41) is 2.90. The van der Waals surface area contributed by atoms with Crippen molar-refractivity contribution in [3.05, 3.63) is 89.5 Å². The lowest BCUT2D eigenvalue weighted by Gasteiger charge is -2.11. The quantitative estimate of drug-likeness (QED) is 0.659. The molecule has 0 fully saturated rings. The Hall–Kier alpha value is -3.71. The van der Waals surface area contributed by atoms with Gasteiger partial charge in [0.25, 0.3) is 5.91 Å². The molecular formula is C24H21NO3. The summed E-state index contributed by atoms with van der Waals surface area (Å²) in [7, 11) is 1.55. The molecule has 0 aromatic heterocycles. The second-order valence-electron chi connectivity index (χ2n) is 5.95. The SMILES string of the molecule is CCOc1ccc(C(=O)Nc2cccc(C#Cc3ccccc3)c2)cc1OC. The van der Waals surface area contributed by atoms with E-state index in [4.69, 9.17) is 9.47 Å². The second kappa shape index (κ2) is 9.29. The number of methoxy groups -OCH3 is 1. The fourth-order valence-electron chi connectivity index (χ4n) is 2.63. The minimum absolute atomic E-state index is 0.227. The predicted molar refractivity (Wildman–Crippen MR) is 111 cm³/mol. The summed E-state index contributed by atoms with van der Waals surface area (Å²) in [6, 6.07) is 22.3. The van der Waals surface area contributed by atoms with Gasteiger partial charge in [-0.1, -0.05) is 36.1 Å². The zero-order chi connectivity index (χ0) is 19.8. The number of amides is 1. The van der Waals surface area contributed by atoms with E-state index >= 15 is 0 Å². The third-order valence-corrected chi connectivity index (χ3v) is 3.97. The molecule has 0 radical (unpaired) electrons. The zero-order valence-corrected chi connectivity index (χ0v) is 15.9. The van der Waals surface area contributed by atoms with Crippen molar-refractivity contribution in [2.75, 3.05) is 19.0 Å². The lowest BCUT2D eigenvalue weighted by Crippen LogP contribution is -2.12. The molecule has 0 saturated heterocycles. The van der Waals surface area contributed by atoms with E-state index in [9.17, 15) is 4.79 Å². The Balaban J connectivity index is 1.75. The van der Waals surface area contributed by atoms with Crippen molar-refractivity contribution in [2.45, 2.75) is 6.92 Å². The number of rotatable bonds is 5. The maximum Gasteiger partial charge on any atom is 0.255 e. The largest absolute Gasteiger partial charge is 0.493 e. The van der Waals surface area contributed by atoms with E-state index in [2.05, 4.69) is 17.2 Å². The Morgan fingerprint density at radius 1 is 0.893 bits per heavy atom. The van der Waals surface area contributed by atoms with Gasteiger partial charge in [-0.25, -0.2) is 0 Å². The van der Waals surface area contributed by atoms with Crippen molar-refractivity contribution >= 4 is 11.6 Å². The molecule has 0 aliphatic heterocycles. The van der Waals surface area contributed by atoms with Crippen molar-refractivity contribution in [2.24, 2.45) is 0 Å². The van der Waals surface area contributed by atoms with Crippen LogP contribution in [0.2, 0.25) is 0 Å². The van der Waals surface area contributed by atoms with E-state index < -0.39 is 0 Å². The Kier molecular flexibility index (Phi) is 6.33. The molecule has 0 saturated carbocycles. The van der Waals surface area contributed by atoms with Crippen molar-refractivity contribution in [1.29, 1.82) is 0 Å². The summed E-state index contributed by atoms with van der Waals surface area (Å²) in [5.74, 6) is 7.14. The first-order chi connectivity index (χ1) is 13.7. The van der Waals surface area contributed by atoms with Gasteiger partial charge < -0.3 is 14.8 Å². The van der Waals surface area contributed by atoms with E-state index in [0.717, 1.165) is 11.1 Å². The lowest BCUT2D eigenvalue weighted by atomic mass is 10.1. The monoisotopic (exact) mass is 371 g/mol. The molecule has 0 spiro atoms. The van der Waals surface area contributed by atoms with Gasteiger partial charge in [-0.05, 0) is 55.5 Å². The molecule has 28 heavy (non-hydrogen) atoms. The van der Waals surface area contributed by atoms with Crippen LogP contribution in [-0.2, 0) is 0 Å². The van der Waals surface area contributed by atoms with Crippen molar-refractivity contribution < 1.29 is 14.3 Å². The molecule has 3 rings (SSSR count). The Labute approximate surface area is 165 Å². The molecule has 4 heteroatoms. The van der Waals surface area contributed by atoms with Gasteiger partial charge in [-0.3, -0.25) is 4.79 Å². The van der Waals surface area contributed by atoms with Gasteiger partial charge in [0.2, 0.25) is 0 Å². The number of anilines is 1. The van der Waals surface area contributed by atoms with Gasteiger partial charge in [0, 0.05) is 22.4 Å². The van der Waals surface area contributed by atoms with Crippen molar-refractivity contribution in [3.8, 4) is 23.3 Å². The van der Waals surface area contributed by atoms with E-state index in [1.807, 2.05) is 61.5 Å². The highest BCUT2D eigenvalue weighted by atomic mass is 16.5. The van der Waals surface area contributed by atoms with E-state index in [1.165, 1.54) is 0 Å². The van der Waals surface area contributed by atoms with Crippen molar-refractivity contribution in [3.63, 3.8) is 0 Å². The van der Waals surface area contributed by atoms with Gasteiger partial charge >= 0.3 is 0 Å². The van der Waals surface area contributed by atoms with Crippen LogP contribution in [0.4, 0.5) is 5.69 Å². The molecule has 140 valence electrons. The maximum atomic E-state index is 12.6. The minimum Gasteiger partial charge on any atom is -0.493 e. The number of carbonyl (C=O) groups excluding carboxylic acids is 1. The molecule has 0 bridgehead atoms. The normalized spacial score (nSPS) is 9.79. The van der Waals surface area contributed by atoms with Crippen LogP contribution < -0.4 is 14.8 Å². The summed E-state index contributed by atoms with van der Waals surface area (Å²) in [4.78, 5) is 12.6. The molecule has 4 nitrogen and oxygen atoms in total. The first-order valence-electron chi connectivity index (χ1n) is 8.99. The molecular weight excluding hydrogens is 350 g/mol. The third-order valence-electron chi connectivity index (χ3n) is 3.97. The summed E-state index contributed by atoms with van der Waals surface area (Å²) >= 11 is 0. The number of carbonyl (C=O) groups is 1. The number of hydrogen-bond donors (Lipinski definition) is 1. The minimum atomic E-state index is -0.227. The molecule has 3 aromatic carbocycles. The first-order valence-corrected chi connectivity index (χ1v) is 8.99. The van der Waals surface area contributed by atoms with Crippen LogP contribution in [0.15, 0.2) is 72.8 Å². The topological polar surface area (TPSA) is 47.6 Å². The fourth-order valence-corrected chi connectivity index (χ4v) is 2.63.